The van der Waals surface area contributed by atoms with Crippen molar-refractivity contribution in [2.45, 2.75) is 0 Å². The highest BCUT2D eigenvalue weighted by Gasteiger charge is 2.17. The van der Waals surface area contributed by atoms with Crippen molar-refractivity contribution < 1.29 is 13.5 Å². The second-order valence-electron chi connectivity index (χ2n) is 6.09. The summed E-state index contributed by atoms with van der Waals surface area (Å²) in [7, 11) is 1.49. The van der Waals surface area contributed by atoms with Crippen LogP contribution in [0.1, 0.15) is 0 Å². The lowest BCUT2D eigenvalue weighted by atomic mass is 10.1. The van der Waals surface area contributed by atoms with E-state index in [1.165, 1.54) is 19.2 Å². The van der Waals surface area contributed by atoms with Gasteiger partial charge in [0.05, 0.1) is 23.8 Å². The molecule has 1 N–H and O–H groups in total. The first-order chi connectivity index (χ1) is 12.7. The maximum Gasteiger partial charge on any atom is 0.345 e. The number of rotatable bonds is 3. The molecule has 1 fully saturated rings. The summed E-state index contributed by atoms with van der Waals surface area (Å²) in [6.07, 6.45) is 0. The molecule has 7 heteroatoms. The molecule has 1 aliphatic heterocycles. The fraction of sp³-hybridized carbons (Fsp3) is 0.263. The van der Waals surface area contributed by atoms with E-state index >= 15 is 0 Å². The average molecular weight is 355 g/mol. The van der Waals surface area contributed by atoms with Crippen LogP contribution in [-0.2, 0) is 0 Å². The molecule has 3 heterocycles. The molecule has 0 saturated carbocycles. The summed E-state index contributed by atoms with van der Waals surface area (Å²) >= 11 is 0. The third kappa shape index (κ3) is 3.01. The molecular formula is C19H18FN3O3. The molecule has 0 radical (unpaired) electrons. The van der Waals surface area contributed by atoms with Crippen molar-refractivity contribution in [2.24, 2.45) is 0 Å². The van der Waals surface area contributed by atoms with Gasteiger partial charge in [0.1, 0.15) is 11.4 Å². The maximum atomic E-state index is 14.7. The fourth-order valence-corrected chi connectivity index (χ4v) is 3.12. The van der Waals surface area contributed by atoms with Crippen LogP contribution in [-0.4, -0.2) is 38.3 Å². The molecule has 3 aromatic rings. The van der Waals surface area contributed by atoms with E-state index in [1.54, 1.807) is 24.3 Å². The van der Waals surface area contributed by atoms with E-state index in [9.17, 15) is 9.18 Å². The van der Waals surface area contributed by atoms with Crippen LogP contribution in [0, 0.1) is 5.82 Å². The number of hydrogen-bond acceptors (Lipinski definition) is 6. The topological polar surface area (TPSA) is 67.6 Å². The van der Waals surface area contributed by atoms with E-state index in [0.29, 0.717) is 17.3 Å². The predicted octanol–water partition coefficient (Wildman–Crippen LogP) is 2.41. The Labute approximate surface area is 149 Å². The first-order valence-corrected chi connectivity index (χ1v) is 8.40. The van der Waals surface area contributed by atoms with Gasteiger partial charge in [-0.1, -0.05) is 6.07 Å². The highest BCUT2D eigenvalue weighted by atomic mass is 19.1. The minimum Gasteiger partial charge on any atom is -0.481 e. The number of nitrogens with zero attached hydrogens (tertiary/aromatic N) is 2. The molecule has 6 nitrogen and oxygen atoms in total. The Morgan fingerprint density at radius 2 is 2.04 bits per heavy atom. The summed E-state index contributed by atoms with van der Waals surface area (Å²) in [5.74, 6) is -0.0551. The van der Waals surface area contributed by atoms with Crippen LogP contribution < -0.4 is 20.6 Å². The molecule has 2 aromatic heterocycles. The second-order valence-corrected chi connectivity index (χ2v) is 6.09. The lowest BCUT2D eigenvalue weighted by Gasteiger charge is -2.29. The summed E-state index contributed by atoms with van der Waals surface area (Å²) in [6.45, 7) is 3.23. The summed E-state index contributed by atoms with van der Waals surface area (Å²) < 4.78 is 25.2. The monoisotopic (exact) mass is 355 g/mol. The third-order valence-corrected chi connectivity index (χ3v) is 4.48. The molecule has 0 amide bonds. The Morgan fingerprint density at radius 3 is 2.81 bits per heavy atom. The van der Waals surface area contributed by atoms with Crippen molar-refractivity contribution in [2.75, 3.05) is 38.2 Å². The van der Waals surface area contributed by atoms with Gasteiger partial charge in [-0.05, 0) is 18.2 Å². The van der Waals surface area contributed by atoms with E-state index in [-0.39, 0.29) is 16.5 Å². The summed E-state index contributed by atoms with van der Waals surface area (Å²) in [5, 5.41) is 3.51. The van der Waals surface area contributed by atoms with Crippen molar-refractivity contribution in [1.82, 2.24) is 10.3 Å². The number of hydrogen-bond donors (Lipinski definition) is 1. The van der Waals surface area contributed by atoms with Crippen molar-refractivity contribution in [3.05, 3.63) is 52.6 Å². The van der Waals surface area contributed by atoms with Crippen molar-refractivity contribution >= 4 is 16.7 Å². The summed E-state index contributed by atoms with van der Waals surface area (Å²) in [5.41, 5.74) is 0.966. The summed E-state index contributed by atoms with van der Waals surface area (Å²) in [6, 6.07) is 9.74. The quantitative estimate of drug-likeness (QED) is 0.728. The minimum absolute atomic E-state index is 0.199. The highest BCUT2D eigenvalue weighted by Crippen LogP contribution is 2.28. The lowest BCUT2D eigenvalue weighted by molar-refractivity contribution is 0.398. The van der Waals surface area contributed by atoms with E-state index in [1.807, 2.05) is 0 Å². The Bertz CT molecular complexity index is 1010. The second kappa shape index (κ2) is 6.76. The number of fused-ring (bicyclic) bond motifs is 1. The van der Waals surface area contributed by atoms with E-state index < -0.39 is 11.4 Å². The van der Waals surface area contributed by atoms with Crippen LogP contribution in [0.25, 0.3) is 22.2 Å². The molecule has 0 unspecified atom stereocenters. The van der Waals surface area contributed by atoms with Crippen LogP contribution in [0.2, 0.25) is 0 Å². The minimum atomic E-state index is -0.560. The normalized spacial score (nSPS) is 14.6. The lowest BCUT2D eigenvalue weighted by Crippen LogP contribution is -2.43. The van der Waals surface area contributed by atoms with Gasteiger partial charge >= 0.3 is 5.63 Å². The molecule has 1 aromatic carbocycles. The molecule has 0 spiro atoms. The SMILES string of the molecule is COc1cccc(-c2cc3c(F)cc(N4CCNCC4)cc3oc2=O)n1. The molecular weight excluding hydrogens is 337 g/mol. The highest BCUT2D eigenvalue weighted by molar-refractivity contribution is 5.84. The summed E-state index contributed by atoms with van der Waals surface area (Å²) in [4.78, 5) is 18.7. The Balaban J connectivity index is 1.82. The van der Waals surface area contributed by atoms with Crippen molar-refractivity contribution in [1.29, 1.82) is 0 Å². The molecule has 134 valence electrons. The zero-order chi connectivity index (χ0) is 18.1. The first-order valence-electron chi connectivity index (χ1n) is 8.40. The third-order valence-electron chi connectivity index (χ3n) is 4.48. The Hall–Kier alpha value is -2.93. The van der Waals surface area contributed by atoms with E-state index in [0.717, 1.165) is 26.2 Å². The Kier molecular flexibility index (Phi) is 4.30. The fourth-order valence-electron chi connectivity index (χ4n) is 3.12. The molecule has 26 heavy (non-hydrogen) atoms. The predicted molar refractivity (Wildman–Crippen MR) is 97.3 cm³/mol. The number of ether oxygens (including phenoxy) is 1. The molecule has 1 saturated heterocycles. The van der Waals surface area contributed by atoms with Crippen LogP contribution >= 0.6 is 0 Å². The van der Waals surface area contributed by atoms with Gasteiger partial charge in [-0.15, -0.1) is 0 Å². The number of halogens is 1. The Morgan fingerprint density at radius 1 is 1.23 bits per heavy atom. The smallest absolute Gasteiger partial charge is 0.345 e. The van der Waals surface area contributed by atoms with E-state index in [2.05, 4.69) is 15.2 Å². The van der Waals surface area contributed by atoms with Gasteiger partial charge in [0.15, 0.2) is 0 Å². The van der Waals surface area contributed by atoms with Crippen LogP contribution in [0.5, 0.6) is 5.88 Å². The van der Waals surface area contributed by atoms with Gasteiger partial charge in [0.25, 0.3) is 0 Å². The van der Waals surface area contributed by atoms with Gasteiger partial charge < -0.3 is 19.4 Å². The maximum absolute atomic E-state index is 14.7. The first kappa shape index (κ1) is 16.5. The zero-order valence-corrected chi connectivity index (χ0v) is 14.3. The molecule has 4 rings (SSSR count). The number of methoxy groups -OCH3 is 1. The van der Waals surface area contributed by atoms with Gasteiger partial charge in [-0.3, -0.25) is 0 Å². The van der Waals surface area contributed by atoms with Crippen LogP contribution in [0.4, 0.5) is 10.1 Å². The standard InChI is InChI=1S/C19H18FN3O3/c1-25-18-4-2-3-16(22-18)14-11-13-15(20)9-12(10-17(13)26-19(14)24)23-7-5-21-6-8-23/h2-4,9-11,21H,5-8H2,1H3. The number of piperazine rings is 1. The number of benzene rings is 1. The zero-order valence-electron chi connectivity index (χ0n) is 14.3. The number of pyridine rings is 1. The number of nitrogens with one attached hydrogen (secondary N) is 1. The molecule has 0 bridgehead atoms. The van der Waals surface area contributed by atoms with Gasteiger partial charge in [0.2, 0.25) is 5.88 Å². The van der Waals surface area contributed by atoms with Crippen molar-refractivity contribution in [3.8, 4) is 17.1 Å². The van der Waals surface area contributed by atoms with Gasteiger partial charge in [-0.2, -0.15) is 0 Å². The van der Waals surface area contributed by atoms with Gasteiger partial charge in [0, 0.05) is 44.0 Å². The number of aromatic nitrogens is 1. The van der Waals surface area contributed by atoms with Gasteiger partial charge in [-0.25, -0.2) is 14.2 Å². The molecule has 0 atom stereocenters. The van der Waals surface area contributed by atoms with Crippen LogP contribution in [0.3, 0.4) is 0 Å². The van der Waals surface area contributed by atoms with E-state index in [4.69, 9.17) is 9.15 Å². The van der Waals surface area contributed by atoms with Crippen molar-refractivity contribution in [3.63, 3.8) is 0 Å². The largest absolute Gasteiger partial charge is 0.481 e. The molecule has 0 aliphatic carbocycles. The van der Waals surface area contributed by atoms with Crippen LogP contribution in [0.15, 0.2) is 45.6 Å². The average Bonchev–Trinajstić information content (AvgIpc) is 2.68. The molecule has 1 aliphatic rings. The number of anilines is 1.